The first kappa shape index (κ1) is 9.77. The minimum absolute atomic E-state index is 0.129. The first-order valence-corrected chi connectivity index (χ1v) is 5.54. The molecule has 6 nitrogen and oxygen atoms in total. The number of aliphatic hydroxyl groups is 1. The van der Waals surface area contributed by atoms with Crippen molar-refractivity contribution in [3.63, 3.8) is 0 Å². The molecule has 2 fully saturated rings. The van der Waals surface area contributed by atoms with Crippen molar-refractivity contribution in [2.75, 3.05) is 23.8 Å². The number of nitrogens with zero attached hydrogens (tertiary/aromatic N) is 4. The summed E-state index contributed by atoms with van der Waals surface area (Å²) in [6.45, 7) is 1.08. The van der Waals surface area contributed by atoms with Gasteiger partial charge in [-0.05, 0) is 24.7 Å². The Hall–Kier alpha value is -1.43. The first-order valence-electron chi connectivity index (χ1n) is 5.54. The molecule has 1 spiro atoms. The third kappa shape index (κ3) is 1.49. The number of aliphatic hydroxyl groups excluding tert-OH is 1. The zero-order valence-electron chi connectivity index (χ0n) is 9.00. The average Bonchev–Trinajstić information content (AvgIpc) is 2.91. The molecule has 1 saturated heterocycles. The van der Waals surface area contributed by atoms with Gasteiger partial charge in [-0.1, -0.05) is 0 Å². The second-order valence-electron chi connectivity index (χ2n) is 4.81. The number of aromatic nitrogens is 3. The highest BCUT2D eigenvalue weighted by Gasteiger charge is 2.52. The van der Waals surface area contributed by atoms with E-state index in [9.17, 15) is 5.11 Å². The molecular weight excluding hydrogens is 206 g/mol. The van der Waals surface area contributed by atoms with E-state index in [1.165, 1.54) is 19.2 Å². The topological polar surface area (TPSA) is 88.2 Å². The smallest absolute Gasteiger partial charge is 0.230 e. The second kappa shape index (κ2) is 3.28. The van der Waals surface area contributed by atoms with Crippen LogP contribution in [-0.2, 0) is 0 Å². The average molecular weight is 221 g/mol. The van der Waals surface area contributed by atoms with Gasteiger partial charge in [0, 0.05) is 6.54 Å². The van der Waals surface area contributed by atoms with Gasteiger partial charge in [0.15, 0.2) is 0 Å². The van der Waals surface area contributed by atoms with Crippen LogP contribution in [0, 0.1) is 5.41 Å². The largest absolute Gasteiger partial charge is 0.394 e. The Morgan fingerprint density at radius 3 is 2.94 bits per heavy atom. The third-order valence-electron chi connectivity index (χ3n) is 3.62. The highest BCUT2D eigenvalue weighted by Crippen LogP contribution is 2.55. The zero-order valence-corrected chi connectivity index (χ0v) is 9.00. The normalized spacial score (nSPS) is 26.3. The molecule has 16 heavy (non-hydrogen) atoms. The van der Waals surface area contributed by atoms with Crippen molar-refractivity contribution in [3.05, 3.63) is 6.33 Å². The van der Waals surface area contributed by atoms with Crippen molar-refractivity contribution in [1.29, 1.82) is 0 Å². The zero-order chi connectivity index (χ0) is 11.2. The lowest BCUT2D eigenvalue weighted by Gasteiger charge is -2.22. The van der Waals surface area contributed by atoms with Gasteiger partial charge in [0.05, 0.1) is 12.6 Å². The molecule has 0 unspecified atom stereocenters. The Kier molecular flexibility index (Phi) is 2.00. The van der Waals surface area contributed by atoms with Gasteiger partial charge in [-0.2, -0.15) is 4.98 Å². The maximum atomic E-state index is 9.38. The van der Waals surface area contributed by atoms with Gasteiger partial charge in [0.2, 0.25) is 11.9 Å². The molecule has 2 heterocycles. The van der Waals surface area contributed by atoms with E-state index >= 15 is 0 Å². The van der Waals surface area contributed by atoms with Crippen molar-refractivity contribution >= 4 is 11.9 Å². The van der Waals surface area contributed by atoms with Crippen molar-refractivity contribution in [1.82, 2.24) is 15.0 Å². The number of hydrogen-bond acceptors (Lipinski definition) is 6. The van der Waals surface area contributed by atoms with E-state index in [4.69, 9.17) is 5.73 Å². The van der Waals surface area contributed by atoms with Gasteiger partial charge in [0.25, 0.3) is 0 Å². The van der Waals surface area contributed by atoms with Crippen LogP contribution in [0.2, 0.25) is 0 Å². The Morgan fingerprint density at radius 2 is 2.31 bits per heavy atom. The summed E-state index contributed by atoms with van der Waals surface area (Å²) in [4.78, 5) is 14.1. The molecule has 3 N–H and O–H groups in total. The van der Waals surface area contributed by atoms with Crippen LogP contribution in [0.5, 0.6) is 0 Å². The summed E-state index contributed by atoms with van der Waals surface area (Å²) in [5.41, 5.74) is 5.96. The van der Waals surface area contributed by atoms with Crippen molar-refractivity contribution in [2.45, 2.75) is 25.3 Å². The lowest BCUT2D eigenvalue weighted by molar-refractivity contribution is 0.261. The van der Waals surface area contributed by atoms with Crippen LogP contribution in [0.4, 0.5) is 11.9 Å². The summed E-state index contributed by atoms with van der Waals surface area (Å²) in [6, 6.07) is 0.129. The van der Waals surface area contributed by atoms with Crippen LogP contribution in [0.25, 0.3) is 0 Å². The van der Waals surface area contributed by atoms with Crippen LogP contribution in [-0.4, -0.2) is 39.3 Å². The van der Waals surface area contributed by atoms with Gasteiger partial charge >= 0.3 is 0 Å². The van der Waals surface area contributed by atoms with Gasteiger partial charge < -0.3 is 15.7 Å². The molecular formula is C10H15N5O. The number of nitrogen functional groups attached to an aromatic ring is 1. The van der Waals surface area contributed by atoms with E-state index < -0.39 is 0 Å². The Labute approximate surface area is 93.5 Å². The quantitative estimate of drug-likeness (QED) is 0.719. The molecule has 1 aliphatic carbocycles. The standard InChI is InChI=1S/C10H15N5O/c11-8-12-6-13-9(14-8)15-5-10(1-2-10)3-7(15)4-16/h6-7,16H,1-5H2,(H2,11,12,13,14)/t7-/m0/s1. The fourth-order valence-corrected chi connectivity index (χ4v) is 2.54. The number of hydrogen-bond donors (Lipinski definition) is 2. The molecule has 0 bridgehead atoms. The first-order chi connectivity index (χ1) is 7.72. The monoisotopic (exact) mass is 221 g/mol. The van der Waals surface area contributed by atoms with E-state index in [1.54, 1.807) is 0 Å². The molecule has 0 radical (unpaired) electrons. The van der Waals surface area contributed by atoms with Crippen molar-refractivity contribution < 1.29 is 5.11 Å². The van der Waals surface area contributed by atoms with Crippen molar-refractivity contribution in [3.8, 4) is 0 Å². The summed E-state index contributed by atoms with van der Waals surface area (Å²) < 4.78 is 0. The van der Waals surface area contributed by atoms with Gasteiger partial charge in [-0.15, -0.1) is 0 Å². The summed E-state index contributed by atoms with van der Waals surface area (Å²) in [6.07, 6.45) is 4.96. The summed E-state index contributed by atoms with van der Waals surface area (Å²) in [5, 5.41) is 9.38. The van der Waals surface area contributed by atoms with E-state index in [1.807, 2.05) is 0 Å². The van der Waals surface area contributed by atoms with Crippen LogP contribution >= 0.6 is 0 Å². The van der Waals surface area contributed by atoms with Crippen LogP contribution in [0.1, 0.15) is 19.3 Å². The summed E-state index contributed by atoms with van der Waals surface area (Å²) in [5.74, 6) is 0.828. The highest BCUT2D eigenvalue weighted by atomic mass is 16.3. The number of rotatable bonds is 2. The molecule has 0 aromatic carbocycles. The molecule has 6 heteroatoms. The van der Waals surface area contributed by atoms with Gasteiger partial charge in [0.1, 0.15) is 6.33 Å². The minimum Gasteiger partial charge on any atom is -0.394 e. The van der Waals surface area contributed by atoms with Crippen molar-refractivity contribution in [2.24, 2.45) is 5.41 Å². The molecule has 1 saturated carbocycles. The molecule has 2 aliphatic rings. The van der Waals surface area contributed by atoms with Crippen LogP contribution < -0.4 is 10.6 Å². The van der Waals surface area contributed by atoms with Crippen LogP contribution in [0.3, 0.4) is 0 Å². The predicted molar refractivity (Wildman–Crippen MR) is 58.7 cm³/mol. The third-order valence-corrected chi connectivity index (χ3v) is 3.62. The van der Waals surface area contributed by atoms with Gasteiger partial charge in [-0.25, -0.2) is 9.97 Å². The maximum Gasteiger partial charge on any atom is 0.230 e. The Morgan fingerprint density at radius 1 is 1.50 bits per heavy atom. The Bertz CT molecular complexity index is 406. The predicted octanol–water partition coefficient (Wildman–Crippen LogP) is -0.195. The molecule has 1 atom stereocenters. The fraction of sp³-hybridized carbons (Fsp3) is 0.700. The lowest BCUT2D eigenvalue weighted by atomic mass is 10.0. The second-order valence-corrected chi connectivity index (χ2v) is 4.81. The minimum atomic E-state index is 0.129. The molecule has 1 aliphatic heterocycles. The Balaban J connectivity index is 1.88. The number of nitrogens with two attached hydrogens (primary N) is 1. The lowest BCUT2D eigenvalue weighted by Crippen LogP contribution is -2.33. The van der Waals surface area contributed by atoms with Gasteiger partial charge in [-0.3, -0.25) is 0 Å². The maximum absolute atomic E-state index is 9.38. The molecule has 86 valence electrons. The molecule has 0 amide bonds. The molecule has 1 aromatic rings. The molecule has 1 aromatic heterocycles. The van der Waals surface area contributed by atoms with E-state index in [-0.39, 0.29) is 18.6 Å². The van der Waals surface area contributed by atoms with Crippen LogP contribution in [0.15, 0.2) is 6.33 Å². The SMILES string of the molecule is Nc1ncnc(N2CC3(CC3)C[C@H]2CO)n1. The number of anilines is 2. The highest BCUT2D eigenvalue weighted by molar-refractivity contribution is 5.38. The molecule has 3 rings (SSSR count). The summed E-state index contributed by atoms with van der Waals surface area (Å²) in [7, 11) is 0. The van der Waals surface area contributed by atoms with E-state index in [2.05, 4.69) is 19.9 Å². The fourth-order valence-electron chi connectivity index (χ4n) is 2.54. The summed E-state index contributed by atoms with van der Waals surface area (Å²) >= 11 is 0. The van der Waals surface area contributed by atoms with E-state index in [0.29, 0.717) is 11.4 Å². The van der Waals surface area contributed by atoms with E-state index in [0.717, 1.165) is 13.0 Å².